The fourth-order valence-corrected chi connectivity index (χ4v) is 4.99. The van der Waals surface area contributed by atoms with Crippen LogP contribution in [0.5, 0.6) is 0 Å². The first-order chi connectivity index (χ1) is 9.69. The van der Waals surface area contributed by atoms with E-state index in [1.165, 1.54) is 0 Å². The highest BCUT2D eigenvalue weighted by Gasteiger charge is 2.37. The molecule has 1 aliphatic rings. The maximum absolute atomic E-state index is 13.0. The number of nitrogens with zero attached hydrogens (tertiary/aromatic N) is 1. The van der Waals surface area contributed by atoms with E-state index in [9.17, 15) is 4.57 Å². The minimum absolute atomic E-state index is 0.156. The van der Waals surface area contributed by atoms with Crippen molar-refractivity contribution in [3.05, 3.63) is 35.9 Å². The molecule has 1 aromatic rings. The molecule has 0 aliphatic carbocycles. The first-order valence-electron chi connectivity index (χ1n) is 6.65. The lowest BCUT2D eigenvalue weighted by molar-refractivity contribution is 0.148. The average molecular weight is 337 g/mol. The molecule has 0 aromatic heterocycles. The molecule has 2 atom stereocenters. The summed E-state index contributed by atoms with van der Waals surface area (Å²) in [4.78, 5) is 0. The summed E-state index contributed by atoms with van der Waals surface area (Å²) in [6.07, 6.45) is 0.639. The van der Waals surface area contributed by atoms with Crippen LogP contribution in [0.1, 0.15) is 18.1 Å². The van der Waals surface area contributed by atoms with Crippen LogP contribution in [0.4, 0.5) is 0 Å². The van der Waals surface area contributed by atoms with Gasteiger partial charge in [0.2, 0.25) is 0 Å². The quantitative estimate of drug-likeness (QED) is 0.636. The number of benzene rings is 1. The van der Waals surface area contributed by atoms with Gasteiger partial charge in [0.25, 0.3) is 0 Å². The Morgan fingerprint density at radius 3 is 2.50 bits per heavy atom. The fourth-order valence-electron chi connectivity index (χ4n) is 2.23. The van der Waals surface area contributed by atoms with Gasteiger partial charge in [0.15, 0.2) is 0 Å². The summed E-state index contributed by atoms with van der Waals surface area (Å²) in [5.74, 6) is 0.782. The molecule has 0 saturated carbocycles. The van der Waals surface area contributed by atoms with Crippen LogP contribution in [0.2, 0.25) is 0 Å². The molecule has 0 unspecified atom stereocenters. The number of hydrogen-bond donors (Lipinski definition) is 1. The number of nitrogens with one attached hydrogen (secondary N) is 1. The predicted octanol–water partition coefficient (Wildman–Crippen LogP) is 3.63. The second-order valence-corrected chi connectivity index (χ2v) is 7.44. The van der Waals surface area contributed by atoms with Gasteiger partial charge in [-0.15, -0.1) is 23.2 Å². The molecule has 1 fully saturated rings. The van der Waals surface area contributed by atoms with Gasteiger partial charge in [-0.25, -0.2) is 9.76 Å². The van der Waals surface area contributed by atoms with Crippen LogP contribution in [0.25, 0.3) is 0 Å². The van der Waals surface area contributed by atoms with Crippen molar-refractivity contribution in [2.75, 3.05) is 31.4 Å². The summed E-state index contributed by atoms with van der Waals surface area (Å²) in [5, 5.41) is 3.01. The molecule has 1 heterocycles. The number of rotatable bonds is 6. The Bertz CT molecular complexity index is 455. The van der Waals surface area contributed by atoms with Crippen molar-refractivity contribution in [3.63, 3.8) is 0 Å². The van der Waals surface area contributed by atoms with Gasteiger partial charge in [0, 0.05) is 31.4 Å². The van der Waals surface area contributed by atoms with Gasteiger partial charge >= 0.3 is 7.67 Å². The molecular formula is C13H19Cl2N2O2P. The Balaban J connectivity index is 2.13. The first-order valence-corrected chi connectivity index (χ1v) is 9.30. The molecule has 4 nitrogen and oxygen atoms in total. The molecule has 2 rings (SSSR count). The Kier molecular flexibility index (Phi) is 6.34. The van der Waals surface area contributed by atoms with Gasteiger partial charge in [-0.3, -0.25) is 9.09 Å². The topological polar surface area (TPSA) is 41.6 Å². The molecule has 0 amide bonds. The number of hydrogen-bond acceptors (Lipinski definition) is 2. The van der Waals surface area contributed by atoms with Crippen LogP contribution in [0.3, 0.4) is 0 Å². The Morgan fingerprint density at radius 2 is 1.90 bits per heavy atom. The molecule has 7 heteroatoms. The van der Waals surface area contributed by atoms with Crippen LogP contribution >= 0.6 is 30.9 Å². The van der Waals surface area contributed by atoms with E-state index in [-0.39, 0.29) is 6.10 Å². The number of alkyl halides is 2. The van der Waals surface area contributed by atoms with Gasteiger partial charge in [-0.2, -0.15) is 0 Å². The molecule has 20 heavy (non-hydrogen) atoms. The van der Waals surface area contributed by atoms with E-state index in [4.69, 9.17) is 27.7 Å². The molecular weight excluding hydrogens is 318 g/mol. The van der Waals surface area contributed by atoms with Gasteiger partial charge in [0.1, 0.15) is 0 Å². The smallest absolute Gasteiger partial charge is 0.298 e. The third-order valence-corrected chi connectivity index (χ3v) is 5.86. The second-order valence-electron chi connectivity index (χ2n) is 4.55. The van der Waals surface area contributed by atoms with E-state index in [0.717, 1.165) is 12.0 Å². The Labute approximate surface area is 129 Å². The van der Waals surface area contributed by atoms with Gasteiger partial charge in [-0.1, -0.05) is 30.3 Å². The third-order valence-electron chi connectivity index (χ3n) is 3.22. The average Bonchev–Trinajstić information content (AvgIpc) is 2.48. The van der Waals surface area contributed by atoms with Crippen LogP contribution < -0.4 is 5.09 Å². The maximum atomic E-state index is 13.0. The molecule has 1 N–H and O–H groups in total. The summed E-state index contributed by atoms with van der Waals surface area (Å²) in [7, 11) is -3.06. The van der Waals surface area contributed by atoms with Crippen LogP contribution in [-0.4, -0.2) is 36.1 Å². The normalized spacial score (nSPS) is 26.9. The van der Waals surface area contributed by atoms with Crippen molar-refractivity contribution >= 4 is 30.9 Å². The van der Waals surface area contributed by atoms with Crippen molar-refractivity contribution in [2.45, 2.75) is 12.5 Å². The van der Waals surface area contributed by atoms with Crippen LogP contribution in [0.15, 0.2) is 30.3 Å². The molecule has 1 aromatic carbocycles. The van der Waals surface area contributed by atoms with Gasteiger partial charge in [-0.05, 0) is 12.0 Å². The van der Waals surface area contributed by atoms with Crippen LogP contribution in [0, 0.1) is 0 Å². The van der Waals surface area contributed by atoms with Crippen molar-refractivity contribution in [1.29, 1.82) is 0 Å². The summed E-state index contributed by atoms with van der Waals surface area (Å²) in [5.41, 5.74) is 1.05. The zero-order chi connectivity index (χ0) is 14.4. The number of halogens is 2. The monoisotopic (exact) mass is 336 g/mol. The predicted molar refractivity (Wildman–Crippen MR) is 83.5 cm³/mol. The Hall–Kier alpha value is -0.0900. The first kappa shape index (κ1) is 16.3. The van der Waals surface area contributed by atoms with E-state index >= 15 is 0 Å². The van der Waals surface area contributed by atoms with Crippen molar-refractivity contribution < 1.29 is 9.09 Å². The third kappa shape index (κ3) is 3.97. The molecule has 1 aliphatic heterocycles. The standard InChI is InChI=1S/C13H19Cl2N2O2P/c14-7-10-17(11-8-15)20(18)16-9-6-13(19-20)12-4-2-1-3-5-12/h1-5,13H,6-11H2,(H,16,18)/t13-,20-/m0/s1. The van der Waals surface area contributed by atoms with Crippen molar-refractivity contribution in [3.8, 4) is 0 Å². The minimum Gasteiger partial charge on any atom is -0.298 e. The summed E-state index contributed by atoms with van der Waals surface area (Å²) in [6.45, 7) is 1.62. The second kappa shape index (κ2) is 7.79. The minimum atomic E-state index is -3.06. The highest BCUT2D eigenvalue weighted by molar-refractivity contribution is 7.54. The SMILES string of the molecule is O=[P@@]1(N(CCCl)CCCl)NCC[C@@H](c2ccccc2)O1. The molecule has 0 radical (unpaired) electrons. The molecule has 0 spiro atoms. The van der Waals surface area contributed by atoms with E-state index in [2.05, 4.69) is 5.09 Å². The Morgan fingerprint density at radius 1 is 1.25 bits per heavy atom. The summed E-state index contributed by atoms with van der Waals surface area (Å²) < 4.78 is 20.6. The van der Waals surface area contributed by atoms with Crippen molar-refractivity contribution in [1.82, 2.24) is 9.76 Å². The van der Waals surface area contributed by atoms with E-state index in [0.29, 0.717) is 31.4 Å². The van der Waals surface area contributed by atoms with E-state index in [1.54, 1.807) is 4.67 Å². The highest BCUT2D eigenvalue weighted by atomic mass is 35.5. The summed E-state index contributed by atoms with van der Waals surface area (Å²) >= 11 is 11.6. The molecule has 1 saturated heterocycles. The van der Waals surface area contributed by atoms with Gasteiger partial charge in [0.05, 0.1) is 6.10 Å². The maximum Gasteiger partial charge on any atom is 0.344 e. The van der Waals surface area contributed by atoms with Gasteiger partial charge < -0.3 is 0 Å². The highest BCUT2D eigenvalue weighted by Crippen LogP contribution is 2.53. The van der Waals surface area contributed by atoms with Crippen molar-refractivity contribution in [2.24, 2.45) is 0 Å². The van der Waals surface area contributed by atoms with Crippen LogP contribution in [-0.2, 0) is 9.09 Å². The lowest BCUT2D eigenvalue weighted by atomic mass is 10.1. The zero-order valence-corrected chi connectivity index (χ0v) is 13.6. The lowest BCUT2D eigenvalue weighted by Gasteiger charge is -2.37. The van der Waals surface area contributed by atoms with E-state index in [1.807, 2.05) is 30.3 Å². The lowest BCUT2D eigenvalue weighted by Crippen LogP contribution is -2.36. The van der Waals surface area contributed by atoms with E-state index < -0.39 is 7.67 Å². The zero-order valence-electron chi connectivity index (χ0n) is 11.2. The summed E-state index contributed by atoms with van der Waals surface area (Å²) in [6, 6.07) is 9.86. The largest absolute Gasteiger partial charge is 0.344 e. The fraction of sp³-hybridized carbons (Fsp3) is 0.538. The molecule has 0 bridgehead atoms. The molecule has 112 valence electrons.